The summed E-state index contributed by atoms with van der Waals surface area (Å²) in [7, 11) is 0. The van der Waals surface area contributed by atoms with Crippen LogP contribution in [-0.2, 0) is 4.74 Å². The highest BCUT2D eigenvalue weighted by atomic mass is 16.5. The SMILES string of the molecule is C[C@H](O)C[C@H]1COC(C)(C)N1C(=O)O. The summed E-state index contributed by atoms with van der Waals surface area (Å²) in [4.78, 5) is 12.2. The van der Waals surface area contributed by atoms with Crippen LogP contribution in [0.15, 0.2) is 0 Å². The Bertz CT molecular complexity index is 227. The molecule has 0 bridgehead atoms. The fourth-order valence-corrected chi connectivity index (χ4v) is 1.84. The van der Waals surface area contributed by atoms with E-state index < -0.39 is 17.9 Å². The van der Waals surface area contributed by atoms with Crippen LogP contribution in [0.4, 0.5) is 4.79 Å². The summed E-state index contributed by atoms with van der Waals surface area (Å²) < 4.78 is 5.36. The Labute approximate surface area is 83.3 Å². The minimum Gasteiger partial charge on any atom is -0.465 e. The van der Waals surface area contributed by atoms with Crippen molar-refractivity contribution in [1.29, 1.82) is 0 Å². The predicted octanol–water partition coefficient (Wildman–Crippen LogP) is 0.872. The van der Waals surface area contributed by atoms with E-state index in [-0.39, 0.29) is 6.04 Å². The Kier molecular flexibility index (Phi) is 3.01. The molecule has 1 fully saturated rings. The molecule has 0 aromatic carbocycles. The van der Waals surface area contributed by atoms with E-state index in [0.29, 0.717) is 13.0 Å². The van der Waals surface area contributed by atoms with E-state index in [1.54, 1.807) is 20.8 Å². The average Bonchev–Trinajstić information content (AvgIpc) is 2.24. The lowest BCUT2D eigenvalue weighted by molar-refractivity contribution is -0.0428. The third-order valence-electron chi connectivity index (χ3n) is 2.39. The highest BCUT2D eigenvalue weighted by Crippen LogP contribution is 2.29. The van der Waals surface area contributed by atoms with E-state index in [1.807, 2.05) is 0 Å². The van der Waals surface area contributed by atoms with Crippen molar-refractivity contribution in [3.8, 4) is 0 Å². The molecule has 0 saturated carbocycles. The topological polar surface area (TPSA) is 70.0 Å². The van der Waals surface area contributed by atoms with Crippen molar-refractivity contribution in [3.05, 3.63) is 0 Å². The quantitative estimate of drug-likeness (QED) is 0.698. The van der Waals surface area contributed by atoms with Gasteiger partial charge in [0.1, 0.15) is 5.72 Å². The smallest absolute Gasteiger partial charge is 0.409 e. The van der Waals surface area contributed by atoms with Crippen LogP contribution in [0.1, 0.15) is 27.2 Å². The zero-order valence-corrected chi connectivity index (χ0v) is 8.73. The number of aliphatic hydroxyl groups excluding tert-OH is 1. The van der Waals surface area contributed by atoms with Gasteiger partial charge in [-0.25, -0.2) is 4.79 Å². The third-order valence-corrected chi connectivity index (χ3v) is 2.39. The van der Waals surface area contributed by atoms with Crippen molar-refractivity contribution in [1.82, 2.24) is 4.90 Å². The lowest BCUT2D eigenvalue weighted by atomic mass is 10.1. The number of nitrogens with zero attached hydrogens (tertiary/aromatic N) is 1. The normalized spacial score (nSPS) is 27.7. The second-order valence-corrected chi connectivity index (χ2v) is 4.15. The van der Waals surface area contributed by atoms with Gasteiger partial charge in [-0.3, -0.25) is 4.90 Å². The van der Waals surface area contributed by atoms with Gasteiger partial charge in [-0.15, -0.1) is 0 Å². The second kappa shape index (κ2) is 3.74. The fourth-order valence-electron chi connectivity index (χ4n) is 1.84. The number of amides is 1. The molecule has 0 unspecified atom stereocenters. The Morgan fingerprint density at radius 1 is 1.71 bits per heavy atom. The van der Waals surface area contributed by atoms with Crippen LogP contribution in [0.5, 0.6) is 0 Å². The van der Waals surface area contributed by atoms with E-state index in [0.717, 1.165) is 0 Å². The van der Waals surface area contributed by atoms with E-state index in [4.69, 9.17) is 9.84 Å². The summed E-state index contributed by atoms with van der Waals surface area (Å²) in [6, 6.07) is -0.248. The molecule has 0 aromatic heterocycles. The number of carbonyl (C=O) groups is 1. The van der Waals surface area contributed by atoms with Crippen molar-refractivity contribution >= 4 is 6.09 Å². The van der Waals surface area contributed by atoms with E-state index in [2.05, 4.69) is 0 Å². The molecule has 1 rings (SSSR count). The maximum atomic E-state index is 11.0. The number of ether oxygens (including phenoxy) is 1. The van der Waals surface area contributed by atoms with E-state index >= 15 is 0 Å². The van der Waals surface area contributed by atoms with Crippen LogP contribution < -0.4 is 0 Å². The number of carboxylic acid groups (broad SMARTS) is 1. The number of rotatable bonds is 2. The molecule has 0 aliphatic carbocycles. The lowest BCUT2D eigenvalue weighted by Gasteiger charge is -2.31. The Hall–Kier alpha value is -0.810. The monoisotopic (exact) mass is 203 g/mol. The van der Waals surface area contributed by atoms with Crippen LogP contribution in [0.2, 0.25) is 0 Å². The number of aliphatic hydroxyl groups is 1. The molecule has 0 radical (unpaired) electrons. The molecule has 1 saturated heterocycles. The maximum absolute atomic E-state index is 11.0. The zero-order chi connectivity index (χ0) is 10.9. The molecule has 1 aliphatic heterocycles. The van der Waals surface area contributed by atoms with E-state index in [1.165, 1.54) is 4.90 Å². The van der Waals surface area contributed by atoms with Gasteiger partial charge in [0, 0.05) is 0 Å². The molecule has 5 nitrogen and oxygen atoms in total. The third kappa shape index (κ3) is 2.16. The summed E-state index contributed by atoms with van der Waals surface area (Å²) >= 11 is 0. The van der Waals surface area contributed by atoms with Crippen LogP contribution >= 0.6 is 0 Å². The molecular weight excluding hydrogens is 186 g/mol. The molecule has 5 heteroatoms. The summed E-state index contributed by atoms with van der Waals surface area (Å²) in [5.74, 6) is 0. The molecular formula is C9H17NO4. The van der Waals surface area contributed by atoms with Gasteiger partial charge in [0.05, 0.1) is 18.8 Å². The second-order valence-electron chi connectivity index (χ2n) is 4.15. The van der Waals surface area contributed by atoms with Crippen molar-refractivity contribution in [2.75, 3.05) is 6.61 Å². The average molecular weight is 203 g/mol. The minimum atomic E-state index is -1.00. The fraction of sp³-hybridized carbons (Fsp3) is 0.889. The first kappa shape index (κ1) is 11.3. The van der Waals surface area contributed by atoms with Crippen LogP contribution in [0, 0.1) is 0 Å². The molecule has 2 N–H and O–H groups in total. The highest BCUT2D eigenvalue weighted by Gasteiger charge is 2.43. The van der Waals surface area contributed by atoms with Gasteiger partial charge in [0.15, 0.2) is 0 Å². The summed E-state index contributed by atoms with van der Waals surface area (Å²) in [5, 5.41) is 18.2. The van der Waals surface area contributed by atoms with Crippen molar-refractivity contribution in [2.24, 2.45) is 0 Å². The molecule has 0 spiro atoms. The van der Waals surface area contributed by atoms with Crippen molar-refractivity contribution in [2.45, 2.75) is 45.1 Å². The van der Waals surface area contributed by atoms with Crippen LogP contribution in [-0.4, -0.2) is 45.7 Å². The van der Waals surface area contributed by atoms with Crippen molar-refractivity contribution < 1.29 is 19.7 Å². The van der Waals surface area contributed by atoms with Gasteiger partial charge in [-0.2, -0.15) is 0 Å². The summed E-state index contributed by atoms with van der Waals surface area (Å²) in [6.45, 7) is 5.42. The predicted molar refractivity (Wildman–Crippen MR) is 50.0 cm³/mol. The molecule has 1 amide bonds. The van der Waals surface area contributed by atoms with Gasteiger partial charge >= 0.3 is 6.09 Å². The van der Waals surface area contributed by atoms with Gasteiger partial charge in [-0.1, -0.05) is 0 Å². The molecule has 2 atom stereocenters. The largest absolute Gasteiger partial charge is 0.465 e. The first-order valence-electron chi connectivity index (χ1n) is 4.69. The summed E-state index contributed by atoms with van der Waals surface area (Å²) in [5.41, 5.74) is -0.786. The first-order chi connectivity index (χ1) is 6.34. The van der Waals surface area contributed by atoms with Crippen molar-refractivity contribution in [3.63, 3.8) is 0 Å². The number of hydrogen-bond acceptors (Lipinski definition) is 3. The highest BCUT2D eigenvalue weighted by molar-refractivity contribution is 5.66. The molecule has 0 aromatic rings. The Morgan fingerprint density at radius 2 is 2.29 bits per heavy atom. The van der Waals surface area contributed by atoms with Gasteiger partial charge in [0.2, 0.25) is 0 Å². The van der Waals surface area contributed by atoms with Crippen LogP contribution in [0.3, 0.4) is 0 Å². The van der Waals surface area contributed by atoms with Crippen LogP contribution in [0.25, 0.3) is 0 Å². The van der Waals surface area contributed by atoms with Gasteiger partial charge in [-0.05, 0) is 27.2 Å². The molecule has 82 valence electrons. The lowest BCUT2D eigenvalue weighted by Crippen LogP contribution is -2.47. The Balaban J connectivity index is 2.74. The van der Waals surface area contributed by atoms with Gasteiger partial charge in [0.25, 0.3) is 0 Å². The van der Waals surface area contributed by atoms with E-state index in [9.17, 15) is 9.90 Å². The Morgan fingerprint density at radius 3 is 2.71 bits per heavy atom. The minimum absolute atomic E-state index is 0.248. The first-order valence-corrected chi connectivity index (χ1v) is 4.69. The maximum Gasteiger partial charge on any atom is 0.409 e. The van der Waals surface area contributed by atoms with Gasteiger partial charge < -0.3 is 14.9 Å². The summed E-state index contributed by atoms with van der Waals surface area (Å²) in [6.07, 6.45) is -1.10. The molecule has 14 heavy (non-hydrogen) atoms. The molecule has 1 heterocycles. The number of hydrogen-bond donors (Lipinski definition) is 2. The standard InChI is InChI=1S/C9H17NO4/c1-6(11)4-7-5-14-9(2,3)10(7)8(12)13/h6-7,11H,4-5H2,1-3H3,(H,12,13)/t6-,7-/m0/s1. The zero-order valence-electron chi connectivity index (χ0n) is 8.73. The molecule has 1 aliphatic rings.